The molecule has 0 fully saturated rings. The molecule has 1 amide bonds. The highest BCUT2D eigenvalue weighted by Crippen LogP contribution is 2.28. The molecule has 0 spiro atoms. The summed E-state index contributed by atoms with van der Waals surface area (Å²) in [5, 5.41) is 2.39. The van der Waals surface area contributed by atoms with E-state index in [-0.39, 0.29) is 17.2 Å². The second-order valence-corrected chi connectivity index (χ2v) is 7.21. The summed E-state index contributed by atoms with van der Waals surface area (Å²) in [6.45, 7) is -3.51. The maximum absolute atomic E-state index is 12.4. The fourth-order valence-electron chi connectivity index (χ4n) is 2.92. The molecule has 1 aliphatic rings. The molecular weight excluding hydrogens is 388 g/mol. The van der Waals surface area contributed by atoms with Crippen LogP contribution in [0.1, 0.15) is 17.5 Å². The average molecular weight is 407 g/mol. The first-order valence-corrected chi connectivity index (χ1v) is 9.74. The number of nitrogens with one attached hydrogen (secondary N) is 1. The van der Waals surface area contributed by atoms with Crippen LogP contribution in [0.4, 0.5) is 14.5 Å². The van der Waals surface area contributed by atoms with E-state index in [0.29, 0.717) is 0 Å². The van der Waals surface area contributed by atoms with E-state index in [4.69, 9.17) is 4.74 Å². The molecule has 28 heavy (non-hydrogen) atoms. The number of benzene rings is 2. The van der Waals surface area contributed by atoms with Crippen molar-refractivity contribution in [3.05, 3.63) is 53.6 Å². The number of carbonyl (C=O) groups excluding carboxylic acids is 2. The standard InChI is InChI=1S/C20H19F2NO4S/c21-20(22)27-17-7-2-1-6-16(17)23-18(24)11-26-19(25)12-28-15-9-8-13-4-3-5-14(13)10-15/h1-2,6-10,20H,3-5,11-12H2,(H,23,24). The lowest BCUT2D eigenvalue weighted by Crippen LogP contribution is -2.22. The Kier molecular flexibility index (Phi) is 6.86. The zero-order chi connectivity index (χ0) is 19.9. The van der Waals surface area contributed by atoms with Crippen molar-refractivity contribution >= 4 is 29.3 Å². The number of amides is 1. The van der Waals surface area contributed by atoms with Crippen molar-refractivity contribution in [1.82, 2.24) is 0 Å². The Labute approximate surface area is 165 Å². The quantitative estimate of drug-likeness (QED) is 0.528. The molecule has 2 aromatic carbocycles. The Morgan fingerprint density at radius 3 is 2.71 bits per heavy atom. The van der Waals surface area contributed by atoms with E-state index in [1.807, 2.05) is 6.07 Å². The van der Waals surface area contributed by atoms with Crippen LogP contribution < -0.4 is 10.1 Å². The monoisotopic (exact) mass is 407 g/mol. The van der Waals surface area contributed by atoms with Crippen LogP contribution in [0.5, 0.6) is 5.75 Å². The van der Waals surface area contributed by atoms with Gasteiger partial charge in [-0.25, -0.2) is 0 Å². The number of carbonyl (C=O) groups is 2. The summed E-state index contributed by atoms with van der Waals surface area (Å²) in [6.07, 6.45) is 3.32. The van der Waals surface area contributed by atoms with Gasteiger partial charge in [-0.15, -0.1) is 11.8 Å². The van der Waals surface area contributed by atoms with Gasteiger partial charge in [-0.1, -0.05) is 18.2 Å². The molecule has 0 aliphatic heterocycles. The molecule has 0 unspecified atom stereocenters. The SMILES string of the molecule is O=C(COC(=O)CSc1ccc2c(c1)CCC2)Nc1ccccc1OC(F)F. The lowest BCUT2D eigenvalue weighted by Gasteiger charge is -2.11. The number of hydrogen-bond acceptors (Lipinski definition) is 5. The van der Waals surface area contributed by atoms with Gasteiger partial charge in [-0.05, 0) is 54.7 Å². The zero-order valence-corrected chi connectivity index (χ0v) is 15.8. The minimum absolute atomic E-state index is 0.0800. The van der Waals surface area contributed by atoms with Crippen molar-refractivity contribution in [2.24, 2.45) is 0 Å². The number of halogens is 2. The Morgan fingerprint density at radius 1 is 1.11 bits per heavy atom. The van der Waals surface area contributed by atoms with Gasteiger partial charge in [-0.2, -0.15) is 8.78 Å². The largest absolute Gasteiger partial charge is 0.455 e. The molecule has 1 N–H and O–H groups in total. The summed E-state index contributed by atoms with van der Waals surface area (Å²) in [5.74, 6) is -1.25. The van der Waals surface area contributed by atoms with E-state index in [0.717, 1.165) is 24.2 Å². The van der Waals surface area contributed by atoms with Crippen molar-refractivity contribution in [2.75, 3.05) is 17.7 Å². The van der Waals surface area contributed by atoms with Gasteiger partial charge in [0, 0.05) is 4.90 Å². The van der Waals surface area contributed by atoms with Crippen LogP contribution in [-0.4, -0.2) is 30.8 Å². The zero-order valence-electron chi connectivity index (χ0n) is 15.0. The third kappa shape index (κ3) is 5.69. The Bertz CT molecular complexity index is 860. The molecule has 5 nitrogen and oxygen atoms in total. The normalized spacial score (nSPS) is 12.5. The van der Waals surface area contributed by atoms with Gasteiger partial charge in [0.05, 0.1) is 11.4 Å². The van der Waals surface area contributed by atoms with Crippen molar-refractivity contribution in [1.29, 1.82) is 0 Å². The molecule has 0 saturated carbocycles. The van der Waals surface area contributed by atoms with E-state index in [1.165, 1.54) is 41.1 Å². The first kappa shape index (κ1) is 20.1. The van der Waals surface area contributed by atoms with Crippen LogP contribution in [-0.2, 0) is 27.2 Å². The Hall–Kier alpha value is -2.61. The third-order valence-electron chi connectivity index (χ3n) is 4.17. The van der Waals surface area contributed by atoms with Crippen LogP contribution >= 0.6 is 11.8 Å². The van der Waals surface area contributed by atoms with E-state index in [9.17, 15) is 18.4 Å². The van der Waals surface area contributed by atoms with Crippen LogP contribution in [0.2, 0.25) is 0 Å². The summed E-state index contributed by atoms with van der Waals surface area (Å²) >= 11 is 1.35. The summed E-state index contributed by atoms with van der Waals surface area (Å²) in [7, 11) is 0. The maximum atomic E-state index is 12.4. The molecule has 8 heteroatoms. The highest BCUT2D eigenvalue weighted by molar-refractivity contribution is 8.00. The number of alkyl halides is 2. The molecule has 0 heterocycles. The number of rotatable bonds is 8. The summed E-state index contributed by atoms with van der Waals surface area (Å²) < 4.78 is 34.0. The molecule has 0 bridgehead atoms. The van der Waals surface area contributed by atoms with Crippen LogP contribution in [0.15, 0.2) is 47.4 Å². The third-order valence-corrected chi connectivity index (χ3v) is 5.14. The van der Waals surface area contributed by atoms with Crippen LogP contribution in [0, 0.1) is 0 Å². The van der Waals surface area contributed by atoms with E-state index < -0.39 is 25.1 Å². The lowest BCUT2D eigenvalue weighted by atomic mass is 10.1. The Morgan fingerprint density at radius 2 is 1.89 bits per heavy atom. The maximum Gasteiger partial charge on any atom is 0.387 e. The number of hydrogen-bond donors (Lipinski definition) is 1. The summed E-state index contributed by atoms with van der Waals surface area (Å²) in [6, 6.07) is 11.9. The molecule has 2 aromatic rings. The number of fused-ring (bicyclic) bond motifs is 1. The van der Waals surface area contributed by atoms with Crippen LogP contribution in [0.3, 0.4) is 0 Å². The number of ether oxygens (including phenoxy) is 2. The van der Waals surface area contributed by atoms with Gasteiger partial charge in [0.1, 0.15) is 5.75 Å². The van der Waals surface area contributed by atoms with Crippen molar-refractivity contribution < 1.29 is 27.8 Å². The number of para-hydroxylation sites is 2. The predicted octanol–water partition coefficient (Wildman–Crippen LogP) is 4.05. The highest BCUT2D eigenvalue weighted by Gasteiger charge is 2.14. The fraction of sp³-hybridized carbons (Fsp3) is 0.300. The Balaban J connectivity index is 1.44. The topological polar surface area (TPSA) is 64.6 Å². The van der Waals surface area contributed by atoms with E-state index >= 15 is 0 Å². The number of aryl methyl sites for hydroxylation is 2. The number of anilines is 1. The molecule has 0 atom stereocenters. The van der Waals surface area contributed by atoms with Crippen LogP contribution in [0.25, 0.3) is 0 Å². The van der Waals surface area contributed by atoms with Gasteiger partial charge >= 0.3 is 12.6 Å². The lowest BCUT2D eigenvalue weighted by molar-refractivity contribution is -0.144. The smallest absolute Gasteiger partial charge is 0.387 e. The second-order valence-electron chi connectivity index (χ2n) is 6.16. The minimum atomic E-state index is -3.01. The van der Waals surface area contributed by atoms with Gasteiger partial charge in [0.15, 0.2) is 6.61 Å². The molecule has 3 rings (SSSR count). The molecule has 0 aromatic heterocycles. The molecular formula is C20H19F2NO4S. The molecule has 148 valence electrons. The average Bonchev–Trinajstić information content (AvgIpc) is 3.13. The first-order valence-electron chi connectivity index (χ1n) is 8.75. The van der Waals surface area contributed by atoms with Gasteiger partial charge in [0.2, 0.25) is 0 Å². The van der Waals surface area contributed by atoms with Gasteiger partial charge < -0.3 is 14.8 Å². The van der Waals surface area contributed by atoms with Crippen molar-refractivity contribution in [3.63, 3.8) is 0 Å². The molecule has 0 radical (unpaired) electrons. The van der Waals surface area contributed by atoms with Crippen molar-refractivity contribution in [3.8, 4) is 5.75 Å². The second kappa shape index (κ2) is 9.54. The predicted molar refractivity (Wildman–Crippen MR) is 102 cm³/mol. The molecule has 0 saturated heterocycles. The summed E-state index contributed by atoms with van der Waals surface area (Å²) in [5.41, 5.74) is 2.76. The van der Waals surface area contributed by atoms with E-state index in [1.54, 1.807) is 6.07 Å². The van der Waals surface area contributed by atoms with Gasteiger partial charge in [0.25, 0.3) is 5.91 Å². The number of thioether (sulfide) groups is 1. The highest BCUT2D eigenvalue weighted by atomic mass is 32.2. The minimum Gasteiger partial charge on any atom is -0.455 e. The number of esters is 1. The molecule has 1 aliphatic carbocycles. The van der Waals surface area contributed by atoms with Gasteiger partial charge in [-0.3, -0.25) is 9.59 Å². The summed E-state index contributed by atoms with van der Waals surface area (Å²) in [4.78, 5) is 24.8. The van der Waals surface area contributed by atoms with Crippen molar-refractivity contribution in [2.45, 2.75) is 30.8 Å². The van der Waals surface area contributed by atoms with E-state index in [2.05, 4.69) is 22.2 Å². The fourth-order valence-corrected chi connectivity index (χ4v) is 3.68. The first-order chi connectivity index (χ1) is 13.5.